The highest BCUT2D eigenvalue weighted by molar-refractivity contribution is 7.89. The predicted octanol–water partition coefficient (Wildman–Crippen LogP) is 0.291. The first kappa shape index (κ1) is 15.7. The molecule has 0 aliphatic heterocycles. The van der Waals surface area contributed by atoms with Gasteiger partial charge in [0.15, 0.2) is 0 Å². The Morgan fingerprint density at radius 1 is 1.38 bits per heavy atom. The van der Waals surface area contributed by atoms with Crippen molar-refractivity contribution in [1.29, 1.82) is 0 Å². The van der Waals surface area contributed by atoms with Crippen LogP contribution in [0.1, 0.15) is 20.8 Å². The van der Waals surface area contributed by atoms with Gasteiger partial charge in [-0.1, -0.05) is 20.8 Å². The van der Waals surface area contributed by atoms with E-state index in [2.05, 4.69) is 4.72 Å². The van der Waals surface area contributed by atoms with Gasteiger partial charge in [0, 0.05) is 5.88 Å². The van der Waals surface area contributed by atoms with Crippen molar-refractivity contribution in [3.63, 3.8) is 0 Å². The summed E-state index contributed by atoms with van der Waals surface area (Å²) < 4.78 is 25.6. The normalized spacial score (nSPS) is 16.1. The van der Waals surface area contributed by atoms with Crippen LogP contribution in [0, 0.1) is 11.8 Å². The zero-order valence-corrected chi connectivity index (χ0v) is 11.3. The Bertz CT molecular complexity index is 330. The number of halogens is 1. The van der Waals surface area contributed by atoms with E-state index in [-0.39, 0.29) is 23.5 Å². The Morgan fingerprint density at radius 3 is 2.19 bits per heavy atom. The number of carbonyl (C=O) groups is 1. The summed E-state index contributed by atoms with van der Waals surface area (Å²) in [5.41, 5.74) is 5.12. The molecule has 3 N–H and O–H groups in total. The lowest BCUT2D eigenvalue weighted by molar-refractivity contribution is -0.120. The molecule has 5 nitrogen and oxygen atoms in total. The lowest BCUT2D eigenvalue weighted by Crippen LogP contribution is -2.48. The average molecular weight is 271 g/mol. The molecule has 7 heteroatoms. The number of amides is 1. The zero-order valence-electron chi connectivity index (χ0n) is 9.73. The van der Waals surface area contributed by atoms with Crippen molar-refractivity contribution >= 4 is 27.5 Å². The van der Waals surface area contributed by atoms with Crippen molar-refractivity contribution in [2.75, 3.05) is 11.6 Å². The van der Waals surface area contributed by atoms with E-state index in [9.17, 15) is 13.2 Å². The van der Waals surface area contributed by atoms with E-state index < -0.39 is 22.0 Å². The first-order valence-electron chi connectivity index (χ1n) is 5.05. The van der Waals surface area contributed by atoms with Crippen LogP contribution in [0.3, 0.4) is 0 Å². The van der Waals surface area contributed by atoms with Gasteiger partial charge in [-0.25, -0.2) is 13.1 Å². The summed E-state index contributed by atoms with van der Waals surface area (Å²) in [6.45, 7) is 5.17. The maximum absolute atomic E-state index is 11.6. The second-order valence-electron chi connectivity index (χ2n) is 4.28. The molecule has 0 bridgehead atoms. The van der Waals surface area contributed by atoms with Crippen molar-refractivity contribution in [2.24, 2.45) is 17.6 Å². The summed E-state index contributed by atoms with van der Waals surface area (Å²) in [6, 6.07) is -0.868. The SMILES string of the molecule is CC(CCl)CS(=O)(=O)NC(C(N)=O)C(C)C. The summed E-state index contributed by atoms with van der Waals surface area (Å²) >= 11 is 5.54. The second kappa shape index (κ2) is 6.42. The molecule has 96 valence electrons. The number of primary amides is 1. The second-order valence-corrected chi connectivity index (χ2v) is 6.39. The van der Waals surface area contributed by atoms with Crippen LogP contribution in [0.15, 0.2) is 0 Å². The molecule has 0 spiro atoms. The third kappa shape index (κ3) is 5.67. The number of hydrogen-bond donors (Lipinski definition) is 2. The summed E-state index contributed by atoms with van der Waals surface area (Å²) in [7, 11) is -3.52. The van der Waals surface area contributed by atoms with E-state index in [0.29, 0.717) is 0 Å². The molecule has 0 heterocycles. The molecule has 0 aliphatic rings. The Balaban J connectivity index is 4.61. The van der Waals surface area contributed by atoms with Crippen LogP contribution in [0.5, 0.6) is 0 Å². The third-order valence-corrected chi connectivity index (χ3v) is 4.19. The quantitative estimate of drug-likeness (QED) is 0.652. The fourth-order valence-electron chi connectivity index (χ4n) is 1.18. The third-order valence-electron chi connectivity index (χ3n) is 2.05. The highest BCUT2D eigenvalue weighted by atomic mass is 35.5. The van der Waals surface area contributed by atoms with Crippen LogP contribution >= 0.6 is 11.6 Å². The molecule has 1 amide bonds. The smallest absolute Gasteiger partial charge is 0.235 e. The molecule has 0 aliphatic carbocycles. The highest BCUT2D eigenvalue weighted by Crippen LogP contribution is 2.06. The number of carbonyl (C=O) groups excluding carboxylic acids is 1. The molecule has 2 atom stereocenters. The molecule has 0 aromatic heterocycles. The molecule has 0 saturated carbocycles. The number of sulfonamides is 1. The summed E-state index contributed by atoms with van der Waals surface area (Å²) in [6.07, 6.45) is 0. The molecule has 2 unspecified atom stereocenters. The van der Waals surface area contributed by atoms with E-state index in [4.69, 9.17) is 17.3 Å². The van der Waals surface area contributed by atoms with Crippen molar-refractivity contribution in [3.05, 3.63) is 0 Å². The van der Waals surface area contributed by atoms with Crippen molar-refractivity contribution < 1.29 is 13.2 Å². The first-order chi connectivity index (χ1) is 7.19. The molecule has 0 aromatic carbocycles. The Morgan fingerprint density at radius 2 is 1.88 bits per heavy atom. The Labute approximate surface area is 102 Å². The zero-order chi connectivity index (χ0) is 12.9. The van der Waals surface area contributed by atoms with Crippen LogP contribution in [0.2, 0.25) is 0 Å². The van der Waals surface area contributed by atoms with Gasteiger partial charge < -0.3 is 5.73 Å². The fourth-order valence-corrected chi connectivity index (χ4v) is 3.16. The van der Waals surface area contributed by atoms with Gasteiger partial charge in [-0.15, -0.1) is 11.6 Å². The predicted molar refractivity (Wildman–Crippen MR) is 64.6 cm³/mol. The van der Waals surface area contributed by atoms with Crippen LogP contribution < -0.4 is 10.5 Å². The lowest BCUT2D eigenvalue weighted by atomic mass is 10.1. The molecule has 0 radical (unpaired) electrons. The number of nitrogens with one attached hydrogen (secondary N) is 1. The summed E-state index contributed by atoms with van der Waals surface area (Å²) in [5.74, 6) is -0.868. The molecular weight excluding hydrogens is 252 g/mol. The van der Waals surface area contributed by atoms with Crippen LogP contribution in [0.25, 0.3) is 0 Å². The Hall–Kier alpha value is -0.330. The minimum absolute atomic E-state index is 0.104. The molecule has 16 heavy (non-hydrogen) atoms. The van der Waals surface area contributed by atoms with Gasteiger partial charge in [0.25, 0.3) is 0 Å². The largest absolute Gasteiger partial charge is 0.368 e. The lowest BCUT2D eigenvalue weighted by Gasteiger charge is -2.19. The van der Waals surface area contributed by atoms with Crippen molar-refractivity contribution in [1.82, 2.24) is 4.72 Å². The molecule has 0 saturated heterocycles. The molecule has 0 aromatic rings. The minimum Gasteiger partial charge on any atom is -0.368 e. The van der Waals surface area contributed by atoms with E-state index in [1.807, 2.05) is 0 Å². The molecule has 0 rings (SSSR count). The number of alkyl halides is 1. The van der Waals surface area contributed by atoms with E-state index >= 15 is 0 Å². The van der Waals surface area contributed by atoms with Gasteiger partial charge in [0.2, 0.25) is 15.9 Å². The molecular formula is C9H19ClN2O3S. The topological polar surface area (TPSA) is 89.3 Å². The number of rotatable bonds is 7. The monoisotopic (exact) mass is 270 g/mol. The maximum Gasteiger partial charge on any atom is 0.235 e. The highest BCUT2D eigenvalue weighted by Gasteiger charge is 2.26. The van der Waals surface area contributed by atoms with Gasteiger partial charge >= 0.3 is 0 Å². The molecule has 0 fully saturated rings. The van der Waals surface area contributed by atoms with Crippen molar-refractivity contribution in [2.45, 2.75) is 26.8 Å². The first-order valence-corrected chi connectivity index (χ1v) is 7.23. The average Bonchev–Trinajstić information content (AvgIpc) is 2.12. The summed E-state index contributed by atoms with van der Waals surface area (Å²) in [5, 5.41) is 0. The van der Waals surface area contributed by atoms with Gasteiger partial charge in [0.05, 0.1) is 5.75 Å². The number of nitrogens with two attached hydrogens (primary N) is 1. The van der Waals surface area contributed by atoms with Crippen LogP contribution in [-0.2, 0) is 14.8 Å². The van der Waals surface area contributed by atoms with Gasteiger partial charge in [-0.3, -0.25) is 4.79 Å². The standard InChI is InChI=1S/C9H19ClN2O3S/c1-6(2)8(9(11)13)12-16(14,15)5-7(3)4-10/h6-8,12H,4-5H2,1-3H3,(H2,11,13). The van der Waals surface area contributed by atoms with E-state index in [1.165, 1.54) is 0 Å². The Kier molecular flexibility index (Phi) is 6.28. The maximum atomic E-state index is 11.6. The van der Waals surface area contributed by atoms with E-state index in [0.717, 1.165) is 0 Å². The van der Waals surface area contributed by atoms with Gasteiger partial charge in [-0.05, 0) is 11.8 Å². The van der Waals surface area contributed by atoms with Gasteiger partial charge in [-0.2, -0.15) is 0 Å². The van der Waals surface area contributed by atoms with E-state index in [1.54, 1.807) is 20.8 Å². The minimum atomic E-state index is -3.52. The van der Waals surface area contributed by atoms with Crippen LogP contribution in [-0.4, -0.2) is 32.0 Å². The van der Waals surface area contributed by atoms with Gasteiger partial charge in [0.1, 0.15) is 6.04 Å². The van der Waals surface area contributed by atoms with Crippen LogP contribution in [0.4, 0.5) is 0 Å². The van der Waals surface area contributed by atoms with Crippen molar-refractivity contribution in [3.8, 4) is 0 Å². The number of hydrogen-bond acceptors (Lipinski definition) is 3. The summed E-state index contributed by atoms with van der Waals surface area (Å²) in [4.78, 5) is 11.0. The fraction of sp³-hybridized carbons (Fsp3) is 0.889.